The lowest BCUT2D eigenvalue weighted by Gasteiger charge is -2.21. The predicted molar refractivity (Wildman–Crippen MR) is 228 cm³/mol. The van der Waals surface area contributed by atoms with E-state index in [9.17, 15) is 0 Å². The fourth-order valence-corrected chi connectivity index (χ4v) is 8.90. The van der Waals surface area contributed by atoms with Gasteiger partial charge in [0.25, 0.3) is 0 Å². The van der Waals surface area contributed by atoms with E-state index >= 15 is 0 Å². The minimum absolute atomic E-state index is 0.295. The van der Waals surface area contributed by atoms with Crippen LogP contribution in [0.15, 0.2) is 164 Å². The number of pyridine rings is 1. The topological polar surface area (TPSA) is 61.4 Å². The lowest BCUT2D eigenvalue weighted by atomic mass is 9.89. The van der Waals surface area contributed by atoms with Crippen LogP contribution in [0.25, 0.3) is 89.0 Å². The minimum atomic E-state index is 0.295. The maximum absolute atomic E-state index is 5.44. The number of fused-ring (bicyclic) bond motifs is 7. The molecule has 0 amide bonds. The van der Waals surface area contributed by atoms with Crippen LogP contribution in [0.5, 0.6) is 0 Å². The van der Waals surface area contributed by atoms with Crippen LogP contribution in [0, 0.1) is 0 Å². The van der Waals surface area contributed by atoms with Crippen LogP contribution in [0.1, 0.15) is 43.8 Å². The molecule has 6 heteroatoms. The van der Waals surface area contributed by atoms with Gasteiger partial charge in [-0.05, 0) is 72.5 Å². The van der Waals surface area contributed by atoms with E-state index in [0.29, 0.717) is 17.7 Å². The zero-order valence-electron chi connectivity index (χ0n) is 30.9. The molecular formula is C50H38N6. The summed E-state index contributed by atoms with van der Waals surface area (Å²) >= 11 is 0. The van der Waals surface area contributed by atoms with Gasteiger partial charge in [-0.15, -0.1) is 0 Å². The number of aromatic nitrogens is 6. The van der Waals surface area contributed by atoms with Crippen molar-refractivity contribution in [1.29, 1.82) is 0 Å². The largest absolute Gasteiger partial charge is 0.307 e. The molecule has 4 aromatic heterocycles. The van der Waals surface area contributed by atoms with Crippen LogP contribution < -0.4 is 0 Å². The van der Waals surface area contributed by atoms with Crippen molar-refractivity contribution in [3.05, 3.63) is 170 Å². The monoisotopic (exact) mass is 722 g/mol. The minimum Gasteiger partial charge on any atom is -0.307 e. The number of hydrogen-bond donors (Lipinski definition) is 0. The predicted octanol–water partition coefficient (Wildman–Crippen LogP) is 12.5. The molecule has 268 valence electrons. The number of hydrogen-bond acceptors (Lipinski definition) is 4. The molecule has 6 aromatic carbocycles. The first-order valence-corrected chi connectivity index (χ1v) is 19.7. The van der Waals surface area contributed by atoms with E-state index in [1.165, 1.54) is 41.2 Å². The highest BCUT2D eigenvalue weighted by atomic mass is 15.2. The second-order valence-corrected chi connectivity index (χ2v) is 14.9. The van der Waals surface area contributed by atoms with E-state index in [1.54, 1.807) is 0 Å². The van der Waals surface area contributed by atoms with Crippen LogP contribution in [-0.4, -0.2) is 29.1 Å². The van der Waals surface area contributed by atoms with Gasteiger partial charge < -0.3 is 4.57 Å². The Morgan fingerprint density at radius 3 is 1.75 bits per heavy atom. The van der Waals surface area contributed by atoms with Crippen molar-refractivity contribution in [2.45, 2.75) is 38.0 Å². The van der Waals surface area contributed by atoms with Gasteiger partial charge in [-0.3, -0.25) is 9.55 Å². The summed E-state index contributed by atoms with van der Waals surface area (Å²) < 4.78 is 4.74. The molecule has 11 rings (SSSR count). The molecule has 56 heavy (non-hydrogen) atoms. The van der Waals surface area contributed by atoms with Gasteiger partial charge in [0.1, 0.15) is 5.82 Å². The van der Waals surface area contributed by atoms with E-state index in [-0.39, 0.29) is 0 Å². The van der Waals surface area contributed by atoms with Crippen LogP contribution in [-0.2, 0) is 0 Å². The molecule has 1 fully saturated rings. The third-order valence-electron chi connectivity index (χ3n) is 11.6. The highest BCUT2D eigenvalue weighted by Gasteiger charge is 2.26. The van der Waals surface area contributed by atoms with Crippen LogP contribution in [0.3, 0.4) is 0 Å². The molecule has 0 unspecified atom stereocenters. The second kappa shape index (κ2) is 13.4. The number of rotatable bonds is 6. The van der Waals surface area contributed by atoms with Crippen molar-refractivity contribution < 1.29 is 0 Å². The summed E-state index contributed by atoms with van der Waals surface area (Å²) in [6.07, 6.45) is 7.70. The van der Waals surface area contributed by atoms with Gasteiger partial charge in [0.2, 0.25) is 5.95 Å². The van der Waals surface area contributed by atoms with Crippen molar-refractivity contribution in [3.63, 3.8) is 0 Å². The Kier molecular flexibility index (Phi) is 7.80. The van der Waals surface area contributed by atoms with Gasteiger partial charge in [0.05, 0.1) is 27.8 Å². The number of nitrogens with zero attached hydrogens (tertiary/aromatic N) is 6. The summed E-state index contributed by atoms with van der Waals surface area (Å²) in [6.45, 7) is 0. The SMILES string of the molecule is c1ccc(-c2ccc3c(c2)c2ccc4c5cc(-c6ccccn6)ccc5n(-c5nc(-c6ccccc6)nc(C6CCCCC6)n5)c4c2n3-c2ccccc2)cc1. The maximum atomic E-state index is 5.44. The van der Waals surface area contributed by atoms with E-state index in [2.05, 4.69) is 149 Å². The number of para-hydroxylation sites is 1. The Bertz CT molecular complexity index is 3040. The van der Waals surface area contributed by atoms with Crippen molar-refractivity contribution in [2.24, 2.45) is 0 Å². The first-order chi connectivity index (χ1) is 27.8. The normalized spacial score (nSPS) is 13.6. The van der Waals surface area contributed by atoms with Gasteiger partial charge >= 0.3 is 0 Å². The highest BCUT2D eigenvalue weighted by molar-refractivity contribution is 6.24. The average Bonchev–Trinajstić information content (AvgIpc) is 3.80. The maximum Gasteiger partial charge on any atom is 0.238 e. The van der Waals surface area contributed by atoms with Crippen LogP contribution >= 0.6 is 0 Å². The van der Waals surface area contributed by atoms with E-state index < -0.39 is 0 Å². The second-order valence-electron chi connectivity index (χ2n) is 14.9. The summed E-state index contributed by atoms with van der Waals surface area (Å²) in [7, 11) is 0. The van der Waals surface area contributed by atoms with Crippen LogP contribution in [0.2, 0.25) is 0 Å². The van der Waals surface area contributed by atoms with Gasteiger partial charge in [-0.2, -0.15) is 9.97 Å². The summed E-state index contributed by atoms with van der Waals surface area (Å²) in [4.78, 5) is 20.7. The van der Waals surface area contributed by atoms with Crippen molar-refractivity contribution in [2.75, 3.05) is 0 Å². The standard InChI is InChI=1S/C50H38N6/c1-5-15-33(16-6-1)36-24-28-44-41(31-36)39-26-27-40-42-32-37(43-23-13-14-30-51-43)25-29-45(42)56(47(40)46(39)55(44)38-21-11-4-12-22-38)50-53-48(34-17-7-2-8-18-34)52-49(54-50)35-19-9-3-10-20-35/h1-2,4-8,11-18,21-32,35H,3,9-10,19-20H2. The molecule has 0 bridgehead atoms. The molecule has 0 atom stereocenters. The zero-order valence-corrected chi connectivity index (χ0v) is 30.9. The Hall–Kier alpha value is -6.92. The Labute approximate surface area is 324 Å². The smallest absolute Gasteiger partial charge is 0.238 e. The first-order valence-electron chi connectivity index (χ1n) is 19.7. The van der Waals surface area contributed by atoms with Gasteiger partial charge in [-0.25, -0.2) is 4.98 Å². The molecule has 0 saturated heterocycles. The summed E-state index contributed by atoms with van der Waals surface area (Å²) in [5, 5.41) is 4.63. The fraction of sp³-hybridized carbons (Fsp3) is 0.120. The molecular weight excluding hydrogens is 685 g/mol. The highest BCUT2D eigenvalue weighted by Crippen LogP contribution is 2.43. The molecule has 1 aliphatic carbocycles. The van der Waals surface area contributed by atoms with Crippen molar-refractivity contribution in [3.8, 4) is 45.4 Å². The molecule has 10 aromatic rings. The number of benzene rings is 6. The fourth-order valence-electron chi connectivity index (χ4n) is 8.90. The van der Waals surface area contributed by atoms with E-state index in [1.807, 2.05) is 24.4 Å². The third-order valence-corrected chi connectivity index (χ3v) is 11.6. The van der Waals surface area contributed by atoms with Gasteiger partial charge in [0.15, 0.2) is 5.82 Å². The first kappa shape index (κ1) is 32.5. The Balaban J connectivity index is 1.29. The Morgan fingerprint density at radius 2 is 1.05 bits per heavy atom. The zero-order chi connectivity index (χ0) is 37.0. The van der Waals surface area contributed by atoms with Crippen molar-refractivity contribution in [1.82, 2.24) is 29.1 Å². The molecule has 0 radical (unpaired) electrons. The summed E-state index contributed by atoms with van der Waals surface area (Å²) in [5.74, 6) is 2.54. The molecule has 1 aliphatic rings. The van der Waals surface area contributed by atoms with E-state index in [0.717, 1.165) is 74.0 Å². The van der Waals surface area contributed by atoms with Gasteiger partial charge in [-0.1, -0.05) is 128 Å². The van der Waals surface area contributed by atoms with E-state index in [4.69, 9.17) is 19.9 Å². The average molecular weight is 723 g/mol. The van der Waals surface area contributed by atoms with Crippen LogP contribution in [0.4, 0.5) is 0 Å². The molecule has 1 saturated carbocycles. The van der Waals surface area contributed by atoms with Gasteiger partial charge in [0, 0.05) is 50.5 Å². The Morgan fingerprint density at radius 1 is 0.446 bits per heavy atom. The molecule has 4 heterocycles. The third kappa shape index (κ3) is 5.40. The lowest BCUT2D eigenvalue weighted by molar-refractivity contribution is 0.427. The van der Waals surface area contributed by atoms with Crippen molar-refractivity contribution >= 4 is 43.6 Å². The molecule has 0 aliphatic heterocycles. The molecule has 6 nitrogen and oxygen atoms in total. The quantitative estimate of drug-likeness (QED) is 0.171. The lowest BCUT2D eigenvalue weighted by Crippen LogP contribution is -2.14. The summed E-state index contributed by atoms with van der Waals surface area (Å²) in [6, 6.07) is 56.0. The molecule has 0 spiro atoms. The summed E-state index contributed by atoms with van der Waals surface area (Å²) in [5.41, 5.74) is 10.8. The molecule has 0 N–H and O–H groups in total.